The number of aromatic nitrogens is 3. The van der Waals surface area contributed by atoms with E-state index in [2.05, 4.69) is 16.9 Å². The van der Waals surface area contributed by atoms with Crippen LogP contribution in [0.1, 0.15) is 29.6 Å². The third-order valence-corrected chi connectivity index (χ3v) is 6.80. The first-order valence-electron chi connectivity index (χ1n) is 8.72. The number of nitrogens with zero attached hydrogens (tertiary/aromatic N) is 3. The predicted molar refractivity (Wildman–Crippen MR) is 107 cm³/mol. The second-order valence-corrected chi connectivity index (χ2v) is 8.80. The van der Waals surface area contributed by atoms with Gasteiger partial charge in [0.2, 0.25) is 0 Å². The van der Waals surface area contributed by atoms with Gasteiger partial charge in [0.05, 0.1) is 11.1 Å². The summed E-state index contributed by atoms with van der Waals surface area (Å²) in [5, 5.41) is 1.71. The maximum atomic E-state index is 6.30. The maximum Gasteiger partial charge on any atom is 0.257 e. The number of thioether (sulfide) groups is 1. The van der Waals surface area contributed by atoms with Gasteiger partial charge in [0.15, 0.2) is 5.58 Å². The first-order valence-corrected chi connectivity index (χ1v) is 10.5. The van der Waals surface area contributed by atoms with Gasteiger partial charge in [-0.15, -0.1) is 11.3 Å². The van der Waals surface area contributed by atoms with Crippen molar-refractivity contribution in [3.63, 3.8) is 0 Å². The molecule has 0 fully saturated rings. The van der Waals surface area contributed by atoms with Crippen molar-refractivity contribution < 1.29 is 4.42 Å². The highest BCUT2D eigenvalue weighted by Gasteiger charge is 2.23. The Kier molecular flexibility index (Phi) is 3.86. The fourth-order valence-electron chi connectivity index (χ4n) is 3.52. The zero-order valence-corrected chi connectivity index (χ0v) is 16.0. The quantitative estimate of drug-likeness (QED) is 0.511. The molecule has 1 aliphatic carbocycles. The first kappa shape index (κ1) is 16.1. The summed E-state index contributed by atoms with van der Waals surface area (Å²) in [6.45, 7) is 2.31. The average Bonchev–Trinajstić information content (AvgIpc) is 3.19. The van der Waals surface area contributed by atoms with Crippen LogP contribution in [0.4, 0.5) is 5.82 Å². The molecule has 3 heterocycles. The van der Waals surface area contributed by atoms with Gasteiger partial charge >= 0.3 is 0 Å². The van der Waals surface area contributed by atoms with Gasteiger partial charge in [-0.2, -0.15) is 0 Å². The van der Waals surface area contributed by atoms with Crippen LogP contribution in [0, 0.1) is 5.92 Å². The highest BCUT2D eigenvalue weighted by atomic mass is 32.2. The van der Waals surface area contributed by atoms with Crippen LogP contribution in [0.3, 0.4) is 0 Å². The number of fused-ring (bicyclic) bond motifs is 4. The van der Waals surface area contributed by atoms with Crippen LogP contribution in [0.5, 0.6) is 0 Å². The van der Waals surface area contributed by atoms with Crippen molar-refractivity contribution in [2.45, 2.75) is 37.2 Å². The minimum Gasteiger partial charge on any atom is -0.431 e. The number of para-hydroxylation sites is 2. The van der Waals surface area contributed by atoms with Crippen molar-refractivity contribution in [2.75, 3.05) is 5.73 Å². The lowest BCUT2D eigenvalue weighted by molar-refractivity contribution is 0.489. The highest BCUT2D eigenvalue weighted by molar-refractivity contribution is 7.98. The van der Waals surface area contributed by atoms with Gasteiger partial charge in [0.1, 0.15) is 22.0 Å². The predicted octanol–water partition coefficient (Wildman–Crippen LogP) is 4.83. The SMILES string of the molecule is CC1CCc2c(sc3nc(CSc4nc5ccccc5o4)nc(N)c23)C1. The fourth-order valence-corrected chi connectivity index (χ4v) is 5.62. The summed E-state index contributed by atoms with van der Waals surface area (Å²) in [5.74, 6) is 2.66. The summed E-state index contributed by atoms with van der Waals surface area (Å²) in [6.07, 6.45) is 3.43. The number of thiophene rings is 1. The summed E-state index contributed by atoms with van der Waals surface area (Å²) in [5.41, 5.74) is 9.34. The third kappa shape index (κ3) is 2.75. The molecule has 0 radical (unpaired) electrons. The molecular formula is C19H18N4OS2. The van der Waals surface area contributed by atoms with Crippen LogP contribution < -0.4 is 5.73 Å². The number of benzene rings is 1. The van der Waals surface area contributed by atoms with Crippen LogP contribution in [0.2, 0.25) is 0 Å². The summed E-state index contributed by atoms with van der Waals surface area (Å²) in [4.78, 5) is 16.3. The molecule has 1 aromatic carbocycles. The summed E-state index contributed by atoms with van der Waals surface area (Å²) >= 11 is 3.28. The van der Waals surface area contributed by atoms with Crippen LogP contribution in [0.15, 0.2) is 33.9 Å². The Morgan fingerprint density at radius 1 is 1.27 bits per heavy atom. The molecule has 1 unspecified atom stereocenters. The van der Waals surface area contributed by atoms with E-state index >= 15 is 0 Å². The number of anilines is 1. The van der Waals surface area contributed by atoms with Crippen molar-refractivity contribution in [1.82, 2.24) is 15.0 Å². The maximum absolute atomic E-state index is 6.30. The Balaban J connectivity index is 1.44. The molecule has 2 N–H and O–H groups in total. The largest absolute Gasteiger partial charge is 0.431 e. The second kappa shape index (κ2) is 6.25. The molecule has 132 valence electrons. The number of hydrogen-bond donors (Lipinski definition) is 1. The van der Waals surface area contributed by atoms with Gasteiger partial charge in [0, 0.05) is 4.88 Å². The van der Waals surface area contributed by atoms with Gasteiger partial charge in [-0.05, 0) is 42.9 Å². The van der Waals surface area contributed by atoms with E-state index in [0.29, 0.717) is 16.8 Å². The smallest absolute Gasteiger partial charge is 0.257 e. The van der Waals surface area contributed by atoms with Crippen LogP contribution in [-0.4, -0.2) is 15.0 Å². The first-order chi connectivity index (χ1) is 12.7. The molecule has 0 spiro atoms. The number of aryl methyl sites for hydroxylation is 1. The molecule has 0 saturated heterocycles. The summed E-state index contributed by atoms with van der Waals surface area (Å²) in [6, 6.07) is 7.76. The van der Waals surface area contributed by atoms with Crippen molar-refractivity contribution >= 4 is 50.2 Å². The molecule has 0 saturated carbocycles. The van der Waals surface area contributed by atoms with E-state index < -0.39 is 0 Å². The molecule has 0 amide bonds. The van der Waals surface area contributed by atoms with Crippen molar-refractivity contribution in [1.29, 1.82) is 0 Å². The second-order valence-electron chi connectivity index (χ2n) is 6.79. The lowest BCUT2D eigenvalue weighted by atomic mass is 9.89. The van der Waals surface area contributed by atoms with E-state index in [1.165, 1.54) is 28.6 Å². The van der Waals surface area contributed by atoms with E-state index in [1.807, 2.05) is 24.3 Å². The molecule has 3 aromatic heterocycles. The molecule has 0 bridgehead atoms. The Bertz CT molecular complexity index is 1080. The molecule has 0 aliphatic heterocycles. The summed E-state index contributed by atoms with van der Waals surface area (Å²) in [7, 11) is 0. The minimum absolute atomic E-state index is 0.589. The molecule has 26 heavy (non-hydrogen) atoms. The average molecular weight is 383 g/mol. The van der Waals surface area contributed by atoms with Crippen molar-refractivity contribution in [3.05, 3.63) is 40.5 Å². The van der Waals surface area contributed by atoms with Crippen molar-refractivity contribution in [3.8, 4) is 0 Å². The Hall–Kier alpha value is -2.12. The van der Waals surface area contributed by atoms with Crippen molar-refractivity contribution in [2.24, 2.45) is 5.92 Å². The number of nitrogen functional groups attached to an aromatic ring is 1. The van der Waals surface area contributed by atoms with Gasteiger partial charge in [0.25, 0.3) is 5.22 Å². The van der Waals surface area contributed by atoms with Gasteiger partial charge in [-0.25, -0.2) is 15.0 Å². The molecule has 4 aromatic rings. The topological polar surface area (TPSA) is 77.8 Å². The molecule has 5 nitrogen and oxygen atoms in total. The van der Waals surface area contributed by atoms with E-state index in [4.69, 9.17) is 15.1 Å². The van der Waals surface area contributed by atoms with Gasteiger partial charge in [-0.3, -0.25) is 0 Å². The van der Waals surface area contributed by atoms with E-state index in [0.717, 1.165) is 45.9 Å². The highest BCUT2D eigenvalue weighted by Crippen LogP contribution is 2.39. The fraction of sp³-hybridized carbons (Fsp3) is 0.316. The van der Waals surface area contributed by atoms with Crippen LogP contribution in [0.25, 0.3) is 21.3 Å². The Labute approximate surface area is 159 Å². The Morgan fingerprint density at radius 2 is 2.15 bits per heavy atom. The zero-order chi connectivity index (χ0) is 17.7. The molecule has 5 rings (SSSR count). The third-order valence-electron chi connectivity index (χ3n) is 4.83. The number of rotatable bonds is 3. The minimum atomic E-state index is 0.589. The van der Waals surface area contributed by atoms with E-state index in [-0.39, 0.29) is 0 Å². The Morgan fingerprint density at radius 3 is 3.04 bits per heavy atom. The van der Waals surface area contributed by atoms with Crippen LogP contribution >= 0.6 is 23.1 Å². The standard InChI is InChI=1S/C19H18N4OS2/c1-10-6-7-11-14(8-10)26-18-16(11)17(20)22-15(23-18)9-25-19-21-12-4-2-3-5-13(12)24-19/h2-5,10H,6-9H2,1H3,(H2,20,22,23). The molecular weight excluding hydrogens is 364 g/mol. The van der Waals surface area contributed by atoms with Gasteiger partial charge in [-0.1, -0.05) is 30.8 Å². The number of nitrogens with two attached hydrogens (primary N) is 1. The normalized spacial score (nSPS) is 17.0. The summed E-state index contributed by atoms with van der Waals surface area (Å²) < 4.78 is 5.75. The number of oxazole rings is 1. The number of hydrogen-bond acceptors (Lipinski definition) is 7. The molecule has 1 aliphatic rings. The van der Waals surface area contributed by atoms with Gasteiger partial charge < -0.3 is 10.2 Å². The lowest BCUT2D eigenvalue weighted by Gasteiger charge is -2.17. The van der Waals surface area contributed by atoms with E-state index in [9.17, 15) is 0 Å². The zero-order valence-electron chi connectivity index (χ0n) is 14.4. The molecule has 1 atom stereocenters. The van der Waals surface area contributed by atoms with E-state index in [1.54, 1.807) is 11.3 Å². The monoisotopic (exact) mass is 382 g/mol. The molecule has 7 heteroatoms. The lowest BCUT2D eigenvalue weighted by Crippen LogP contribution is -2.09. The van der Waals surface area contributed by atoms with Crippen LogP contribution in [-0.2, 0) is 18.6 Å².